The molecular formula is C17H16O. The Bertz CT molecular complexity index is 581. The van der Waals surface area contributed by atoms with E-state index in [1.165, 1.54) is 11.1 Å². The SMILES string of the molecule is Cc1ccc([C@@H]2CCc3ccccc3C2=O)cc1. The summed E-state index contributed by atoms with van der Waals surface area (Å²) in [6.07, 6.45) is 1.93. The van der Waals surface area contributed by atoms with Gasteiger partial charge in [-0.25, -0.2) is 0 Å². The Morgan fingerprint density at radius 2 is 1.72 bits per heavy atom. The topological polar surface area (TPSA) is 17.1 Å². The van der Waals surface area contributed by atoms with E-state index in [0.29, 0.717) is 0 Å². The van der Waals surface area contributed by atoms with E-state index >= 15 is 0 Å². The molecule has 0 heterocycles. The number of benzene rings is 2. The second kappa shape index (κ2) is 4.41. The number of carbonyl (C=O) groups is 1. The largest absolute Gasteiger partial charge is 0.293 e. The Balaban J connectivity index is 1.97. The highest BCUT2D eigenvalue weighted by atomic mass is 16.1. The summed E-state index contributed by atoms with van der Waals surface area (Å²) >= 11 is 0. The molecule has 1 aliphatic rings. The fourth-order valence-corrected chi connectivity index (χ4v) is 2.71. The van der Waals surface area contributed by atoms with E-state index < -0.39 is 0 Å². The number of Topliss-reactive ketones (excluding diaryl/α,β-unsaturated/α-hetero) is 1. The lowest BCUT2D eigenvalue weighted by Crippen LogP contribution is -2.20. The summed E-state index contributed by atoms with van der Waals surface area (Å²) in [4.78, 5) is 12.5. The van der Waals surface area contributed by atoms with E-state index in [0.717, 1.165) is 24.0 Å². The normalized spacial score (nSPS) is 18.5. The van der Waals surface area contributed by atoms with Gasteiger partial charge in [-0.3, -0.25) is 4.79 Å². The van der Waals surface area contributed by atoms with Gasteiger partial charge in [-0.05, 0) is 30.9 Å². The summed E-state index contributed by atoms with van der Waals surface area (Å²) < 4.78 is 0. The van der Waals surface area contributed by atoms with Gasteiger partial charge in [-0.2, -0.15) is 0 Å². The lowest BCUT2D eigenvalue weighted by atomic mass is 9.79. The third-order valence-corrected chi connectivity index (χ3v) is 3.78. The minimum Gasteiger partial charge on any atom is -0.293 e. The number of hydrogen-bond acceptors (Lipinski definition) is 1. The van der Waals surface area contributed by atoms with Crippen LogP contribution < -0.4 is 0 Å². The second-order valence-electron chi connectivity index (χ2n) is 5.02. The smallest absolute Gasteiger partial charge is 0.170 e. The highest BCUT2D eigenvalue weighted by Gasteiger charge is 2.27. The van der Waals surface area contributed by atoms with Gasteiger partial charge in [0.25, 0.3) is 0 Å². The van der Waals surface area contributed by atoms with Crippen molar-refractivity contribution in [2.45, 2.75) is 25.7 Å². The van der Waals surface area contributed by atoms with Crippen LogP contribution in [0.15, 0.2) is 48.5 Å². The van der Waals surface area contributed by atoms with E-state index in [4.69, 9.17) is 0 Å². The van der Waals surface area contributed by atoms with Gasteiger partial charge < -0.3 is 0 Å². The van der Waals surface area contributed by atoms with Gasteiger partial charge in [0, 0.05) is 11.5 Å². The van der Waals surface area contributed by atoms with Crippen molar-refractivity contribution >= 4 is 5.78 Å². The zero-order chi connectivity index (χ0) is 12.5. The van der Waals surface area contributed by atoms with Crippen molar-refractivity contribution in [3.63, 3.8) is 0 Å². The van der Waals surface area contributed by atoms with Crippen LogP contribution in [0.1, 0.15) is 39.4 Å². The molecule has 1 aliphatic carbocycles. The van der Waals surface area contributed by atoms with Crippen LogP contribution in [-0.2, 0) is 6.42 Å². The molecule has 3 rings (SSSR count). The van der Waals surface area contributed by atoms with Crippen molar-refractivity contribution in [3.05, 3.63) is 70.8 Å². The number of ketones is 1. The zero-order valence-corrected chi connectivity index (χ0v) is 10.5. The molecule has 1 heteroatoms. The van der Waals surface area contributed by atoms with Crippen molar-refractivity contribution in [3.8, 4) is 0 Å². The van der Waals surface area contributed by atoms with E-state index in [1.54, 1.807) is 0 Å². The molecule has 0 spiro atoms. The fraction of sp³-hybridized carbons (Fsp3) is 0.235. The highest BCUT2D eigenvalue weighted by Crippen LogP contribution is 2.32. The van der Waals surface area contributed by atoms with Crippen LogP contribution in [0.25, 0.3) is 0 Å². The lowest BCUT2D eigenvalue weighted by molar-refractivity contribution is 0.0946. The number of rotatable bonds is 1. The van der Waals surface area contributed by atoms with E-state index in [2.05, 4.69) is 37.3 Å². The van der Waals surface area contributed by atoms with Crippen molar-refractivity contribution in [1.82, 2.24) is 0 Å². The summed E-state index contributed by atoms with van der Waals surface area (Å²) in [6.45, 7) is 2.07. The van der Waals surface area contributed by atoms with Gasteiger partial charge in [0.05, 0.1) is 0 Å². The summed E-state index contributed by atoms with van der Waals surface area (Å²) in [6, 6.07) is 16.3. The summed E-state index contributed by atoms with van der Waals surface area (Å²) in [7, 11) is 0. The van der Waals surface area contributed by atoms with Gasteiger partial charge in [-0.1, -0.05) is 54.1 Å². The summed E-state index contributed by atoms with van der Waals surface area (Å²) in [5.74, 6) is 0.321. The predicted molar refractivity (Wildman–Crippen MR) is 73.0 cm³/mol. The van der Waals surface area contributed by atoms with Crippen LogP contribution in [0.4, 0.5) is 0 Å². The van der Waals surface area contributed by atoms with Crippen LogP contribution in [-0.4, -0.2) is 5.78 Å². The molecule has 2 aromatic carbocycles. The third-order valence-electron chi connectivity index (χ3n) is 3.78. The number of fused-ring (bicyclic) bond motifs is 1. The average molecular weight is 236 g/mol. The number of hydrogen-bond donors (Lipinski definition) is 0. The molecule has 90 valence electrons. The first-order chi connectivity index (χ1) is 8.75. The van der Waals surface area contributed by atoms with E-state index in [-0.39, 0.29) is 11.7 Å². The molecule has 0 aromatic heterocycles. The lowest BCUT2D eigenvalue weighted by Gasteiger charge is -2.23. The second-order valence-corrected chi connectivity index (χ2v) is 5.02. The van der Waals surface area contributed by atoms with Gasteiger partial charge in [0.1, 0.15) is 0 Å². The van der Waals surface area contributed by atoms with E-state index in [1.807, 2.05) is 18.2 Å². The standard InChI is InChI=1S/C17H16O/c1-12-6-8-14(9-7-12)16-11-10-13-4-2-3-5-15(13)17(16)18/h2-9,16H,10-11H2,1H3/t16-/m0/s1. The minimum atomic E-state index is 0.0421. The van der Waals surface area contributed by atoms with Crippen LogP contribution in [0.5, 0.6) is 0 Å². The number of aryl methyl sites for hydroxylation is 2. The molecule has 0 saturated heterocycles. The quantitative estimate of drug-likeness (QED) is 0.733. The first kappa shape index (κ1) is 11.2. The van der Waals surface area contributed by atoms with Crippen molar-refractivity contribution in [2.75, 3.05) is 0 Å². The Morgan fingerprint density at radius 1 is 1.00 bits per heavy atom. The molecule has 0 bridgehead atoms. The zero-order valence-electron chi connectivity index (χ0n) is 10.5. The maximum Gasteiger partial charge on any atom is 0.170 e. The maximum atomic E-state index is 12.5. The molecule has 0 fully saturated rings. The van der Waals surface area contributed by atoms with Crippen LogP contribution in [0, 0.1) is 6.92 Å². The molecule has 2 aromatic rings. The van der Waals surface area contributed by atoms with Crippen molar-refractivity contribution < 1.29 is 4.79 Å². The van der Waals surface area contributed by atoms with Crippen LogP contribution in [0.3, 0.4) is 0 Å². The molecule has 0 amide bonds. The molecular weight excluding hydrogens is 220 g/mol. The highest BCUT2D eigenvalue weighted by molar-refractivity contribution is 6.03. The Hall–Kier alpha value is -1.89. The minimum absolute atomic E-state index is 0.0421. The third kappa shape index (κ3) is 1.86. The van der Waals surface area contributed by atoms with Gasteiger partial charge in [0.15, 0.2) is 5.78 Å². The summed E-state index contributed by atoms with van der Waals surface area (Å²) in [5, 5.41) is 0. The van der Waals surface area contributed by atoms with Gasteiger partial charge >= 0.3 is 0 Å². The van der Waals surface area contributed by atoms with Crippen molar-refractivity contribution in [1.29, 1.82) is 0 Å². The molecule has 0 radical (unpaired) electrons. The monoisotopic (exact) mass is 236 g/mol. The Morgan fingerprint density at radius 3 is 2.50 bits per heavy atom. The Labute approximate surface area is 107 Å². The van der Waals surface area contributed by atoms with Gasteiger partial charge in [-0.15, -0.1) is 0 Å². The van der Waals surface area contributed by atoms with E-state index in [9.17, 15) is 4.79 Å². The first-order valence-electron chi connectivity index (χ1n) is 6.44. The molecule has 1 atom stereocenters. The molecule has 18 heavy (non-hydrogen) atoms. The average Bonchev–Trinajstić information content (AvgIpc) is 2.41. The fourth-order valence-electron chi connectivity index (χ4n) is 2.71. The maximum absolute atomic E-state index is 12.5. The predicted octanol–water partition coefficient (Wildman–Crippen LogP) is 3.91. The molecule has 0 saturated carbocycles. The van der Waals surface area contributed by atoms with Crippen LogP contribution >= 0.6 is 0 Å². The molecule has 0 aliphatic heterocycles. The molecule has 0 N–H and O–H groups in total. The molecule has 0 unspecified atom stereocenters. The first-order valence-corrected chi connectivity index (χ1v) is 6.44. The van der Waals surface area contributed by atoms with Gasteiger partial charge in [0.2, 0.25) is 0 Å². The van der Waals surface area contributed by atoms with Crippen LogP contribution in [0.2, 0.25) is 0 Å². The summed E-state index contributed by atoms with van der Waals surface area (Å²) in [5.41, 5.74) is 4.50. The molecule has 1 nitrogen and oxygen atoms in total. The number of carbonyl (C=O) groups excluding carboxylic acids is 1. The Kier molecular flexibility index (Phi) is 2.75. The van der Waals surface area contributed by atoms with Crippen molar-refractivity contribution in [2.24, 2.45) is 0 Å².